The van der Waals surface area contributed by atoms with Gasteiger partial charge in [0.05, 0.1) is 6.04 Å². The minimum Gasteiger partial charge on any atom is -0.444 e. The zero-order valence-corrected chi connectivity index (χ0v) is 18.4. The third-order valence-corrected chi connectivity index (χ3v) is 5.41. The van der Waals surface area contributed by atoms with E-state index in [-0.39, 0.29) is 17.4 Å². The monoisotopic (exact) mass is 409 g/mol. The van der Waals surface area contributed by atoms with Gasteiger partial charge in [0.25, 0.3) is 0 Å². The molecule has 3 rings (SSSR count). The minimum absolute atomic E-state index is 0.0487. The number of amides is 1. The first kappa shape index (κ1) is 21.0. The quantitative estimate of drug-likeness (QED) is 0.707. The van der Waals surface area contributed by atoms with Crippen LogP contribution in [0.25, 0.3) is 0 Å². The van der Waals surface area contributed by atoms with Crippen LogP contribution < -0.4 is 9.80 Å². The second-order valence-corrected chi connectivity index (χ2v) is 9.32. The molecule has 1 amide bonds. The maximum atomic E-state index is 12.7. The molecule has 0 N–H and O–H groups in total. The fourth-order valence-corrected chi connectivity index (χ4v) is 3.97. The van der Waals surface area contributed by atoms with Crippen molar-refractivity contribution in [1.82, 2.24) is 14.9 Å². The lowest BCUT2D eigenvalue weighted by atomic mass is 10.00. The van der Waals surface area contributed by atoms with Gasteiger partial charge in [0.2, 0.25) is 5.28 Å². The number of anilines is 2. The van der Waals surface area contributed by atoms with E-state index in [2.05, 4.69) is 33.6 Å². The van der Waals surface area contributed by atoms with Crippen LogP contribution in [0.1, 0.15) is 47.5 Å². The highest BCUT2D eigenvalue weighted by Gasteiger charge is 2.35. The molecule has 0 saturated carbocycles. The van der Waals surface area contributed by atoms with Gasteiger partial charge in [-0.1, -0.05) is 13.8 Å². The van der Waals surface area contributed by atoms with Crippen molar-refractivity contribution in [2.24, 2.45) is 5.92 Å². The Labute approximate surface area is 173 Å². The summed E-state index contributed by atoms with van der Waals surface area (Å²) in [4.78, 5) is 27.9. The van der Waals surface area contributed by atoms with Gasteiger partial charge in [-0.25, -0.2) is 14.8 Å². The van der Waals surface area contributed by atoms with Crippen molar-refractivity contribution in [2.75, 3.05) is 42.5 Å². The second-order valence-electron chi connectivity index (χ2n) is 8.98. The Hall–Kier alpha value is -1.76. The molecule has 7 nitrogen and oxygen atoms in total. The Morgan fingerprint density at radius 3 is 2.29 bits per heavy atom. The smallest absolute Gasteiger partial charge is 0.410 e. The van der Waals surface area contributed by atoms with E-state index in [1.54, 1.807) is 0 Å². The maximum Gasteiger partial charge on any atom is 0.410 e. The Kier molecular flexibility index (Phi) is 6.22. The molecule has 156 valence electrons. The molecule has 1 aromatic rings. The highest BCUT2D eigenvalue weighted by Crippen LogP contribution is 2.28. The Morgan fingerprint density at radius 2 is 1.71 bits per heavy atom. The molecular weight excluding hydrogens is 378 g/mol. The van der Waals surface area contributed by atoms with Crippen molar-refractivity contribution in [1.29, 1.82) is 0 Å². The molecule has 28 heavy (non-hydrogen) atoms. The third kappa shape index (κ3) is 4.99. The van der Waals surface area contributed by atoms with Crippen LogP contribution in [-0.2, 0) is 4.74 Å². The highest BCUT2D eigenvalue weighted by molar-refractivity contribution is 6.28. The molecule has 2 saturated heterocycles. The lowest BCUT2D eigenvalue weighted by Gasteiger charge is -2.44. The van der Waals surface area contributed by atoms with Gasteiger partial charge in [-0.15, -0.1) is 0 Å². The molecule has 2 fully saturated rings. The molecule has 1 atom stereocenters. The Bertz CT molecular complexity index is 700. The summed E-state index contributed by atoms with van der Waals surface area (Å²) in [5.41, 5.74) is -0.499. The van der Waals surface area contributed by atoms with E-state index in [0.29, 0.717) is 25.6 Å². The minimum atomic E-state index is -0.499. The fraction of sp³-hybridized carbons (Fsp3) is 0.750. The second kappa shape index (κ2) is 8.31. The van der Waals surface area contributed by atoms with E-state index < -0.39 is 5.60 Å². The van der Waals surface area contributed by atoms with Gasteiger partial charge in [0.1, 0.15) is 17.2 Å². The fourth-order valence-electron chi connectivity index (χ4n) is 3.80. The zero-order valence-electron chi connectivity index (χ0n) is 17.6. The molecular formula is C20H32ClN5O2. The van der Waals surface area contributed by atoms with Crippen molar-refractivity contribution >= 4 is 29.3 Å². The topological polar surface area (TPSA) is 61.8 Å². The van der Waals surface area contributed by atoms with E-state index in [0.717, 1.165) is 24.7 Å². The average Bonchev–Trinajstić information content (AvgIpc) is 3.14. The highest BCUT2D eigenvalue weighted by atomic mass is 35.5. The number of hydrogen-bond acceptors (Lipinski definition) is 6. The van der Waals surface area contributed by atoms with Crippen LogP contribution in [0.3, 0.4) is 0 Å². The number of rotatable bonds is 3. The first-order valence-electron chi connectivity index (χ1n) is 10.2. The van der Waals surface area contributed by atoms with E-state index in [1.165, 1.54) is 12.8 Å². The molecule has 0 aliphatic carbocycles. The molecule has 2 aliphatic rings. The lowest BCUT2D eigenvalue weighted by molar-refractivity contribution is 0.00878. The number of hydrogen-bond donors (Lipinski definition) is 0. The maximum absolute atomic E-state index is 12.7. The predicted octanol–water partition coefficient (Wildman–Crippen LogP) is 3.81. The van der Waals surface area contributed by atoms with Gasteiger partial charge in [-0.3, -0.25) is 0 Å². The van der Waals surface area contributed by atoms with Gasteiger partial charge in [-0.2, -0.15) is 0 Å². The van der Waals surface area contributed by atoms with Gasteiger partial charge in [0.15, 0.2) is 0 Å². The van der Waals surface area contributed by atoms with Gasteiger partial charge < -0.3 is 19.4 Å². The van der Waals surface area contributed by atoms with Crippen molar-refractivity contribution in [2.45, 2.75) is 59.1 Å². The normalized spacial score (nSPS) is 20.8. The summed E-state index contributed by atoms with van der Waals surface area (Å²) in [5.74, 6) is 2.02. The van der Waals surface area contributed by atoms with Crippen LogP contribution in [0, 0.1) is 5.92 Å². The molecule has 2 aliphatic heterocycles. The molecule has 0 bridgehead atoms. The first-order chi connectivity index (χ1) is 13.1. The number of carbonyl (C=O) groups is 1. The van der Waals surface area contributed by atoms with Crippen molar-refractivity contribution in [3.63, 3.8) is 0 Å². The summed E-state index contributed by atoms with van der Waals surface area (Å²) in [6, 6.07) is 2.07. The summed E-state index contributed by atoms with van der Waals surface area (Å²) in [6.45, 7) is 14.0. The van der Waals surface area contributed by atoms with E-state index in [4.69, 9.17) is 16.3 Å². The van der Waals surface area contributed by atoms with E-state index in [1.807, 2.05) is 31.7 Å². The molecule has 3 heterocycles. The summed E-state index contributed by atoms with van der Waals surface area (Å²) >= 11 is 6.24. The van der Waals surface area contributed by atoms with Crippen LogP contribution in [0.2, 0.25) is 5.28 Å². The zero-order chi connectivity index (χ0) is 20.5. The molecule has 0 spiro atoms. The van der Waals surface area contributed by atoms with Crippen molar-refractivity contribution in [3.05, 3.63) is 11.3 Å². The van der Waals surface area contributed by atoms with Crippen LogP contribution >= 0.6 is 11.6 Å². The number of nitrogens with zero attached hydrogens (tertiary/aromatic N) is 5. The Balaban J connectivity index is 1.77. The standard InChI is InChI=1S/C20H32ClN5O2/c1-14(2)15-13-25(10-11-26(15)19(27)28-20(3,4)5)17-12-16(22-18(21)23-17)24-8-6-7-9-24/h12,14-15H,6-11,13H2,1-5H3. The third-order valence-electron chi connectivity index (χ3n) is 5.24. The number of piperazine rings is 1. The number of aromatic nitrogens is 2. The summed E-state index contributed by atoms with van der Waals surface area (Å²) in [6.07, 6.45) is 2.12. The summed E-state index contributed by atoms with van der Waals surface area (Å²) in [5, 5.41) is 0.273. The van der Waals surface area contributed by atoms with Crippen LogP contribution in [0.4, 0.5) is 16.4 Å². The molecule has 0 radical (unpaired) electrons. The van der Waals surface area contributed by atoms with Gasteiger partial charge >= 0.3 is 6.09 Å². The van der Waals surface area contributed by atoms with E-state index >= 15 is 0 Å². The van der Waals surface area contributed by atoms with Gasteiger partial charge in [0, 0.05) is 38.8 Å². The summed E-state index contributed by atoms with van der Waals surface area (Å²) in [7, 11) is 0. The van der Waals surface area contributed by atoms with E-state index in [9.17, 15) is 4.79 Å². The molecule has 1 unspecified atom stereocenters. The molecule has 1 aromatic heterocycles. The summed E-state index contributed by atoms with van der Waals surface area (Å²) < 4.78 is 5.62. The van der Waals surface area contributed by atoms with Crippen molar-refractivity contribution < 1.29 is 9.53 Å². The van der Waals surface area contributed by atoms with Crippen LogP contribution in [0.15, 0.2) is 6.07 Å². The van der Waals surface area contributed by atoms with Gasteiger partial charge in [-0.05, 0) is 51.1 Å². The van der Waals surface area contributed by atoms with Crippen molar-refractivity contribution in [3.8, 4) is 0 Å². The number of ether oxygens (including phenoxy) is 1. The number of halogens is 1. The number of carbonyl (C=O) groups excluding carboxylic acids is 1. The average molecular weight is 410 g/mol. The largest absolute Gasteiger partial charge is 0.444 e. The lowest BCUT2D eigenvalue weighted by Crippen LogP contribution is -2.58. The van der Waals surface area contributed by atoms with Crippen LogP contribution in [0.5, 0.6) is 0 Å². The predicted molar refractivity (Wildman–Crippen MR) is 112 cm³/mol. The SMILES string of the molecule is CC(C)C1CN(c2cc(N3CCCC3)nc(Cl)n2)CCN1C(=O)OC(C)(C)C. The molecule has 8 heteroatoms. The van der Waals surface area contributed by atoms with Crippen LogP contribution in [-0.4, -0.2) is 65.3 Å². The first-order valence-corrected chi connectivity index (χ1v) is 10.6. The Morgan fingerprint density at radius 1 is 1.11 bits per heavy atom. The molecule has 0 aromatic carbocycles.